The molecule has 2 aromatic rings. The summed E-state index contributed by atoms with van der Waals surface area (Å²) >= 11 is 0. The number of benzene rings is 2. The first-order valence-electron chi connectivity index (χ1n) is 11.0. The molecule has 4 heteroatoms. The Morgan fingerprint density at radius 3 is 2.10 bits per heavy atom. The van der Waals surface area contributed by atoms with Crippen LogP contribution in [0.4, 0.5) is 0 Å². The van der Waals surface area contributed by atoms with E-state index in [1.54, 1.807) is 44.4 Å². The van der Waals surface area contributed by atoms with Gasteiger partial charge < -0.3 is 9.64 Å². The first kappa shape index (κ1) is 24.4. The highest BCUT2D eigenvalue weighted by molar-refractivity contribution is 6.07. The van der Waals surface area contributed by atoms with Crippen molar-refractivity contribution in [2.45, 2.75) is 52.9 Å². The topological polar surface area (TPSA) is 46.6 Å². The number of allylic oxidation sites excluding steroid dienone is 1. The number of carbonyl (C=O) groups excluding carboxylic acids is 2. The van der Waals surface area contributed by atoms with E-state index >= 15 is 0 Å². The Kier molecular flexibility index (Phi) is 8.61. The van der Waals surface area contributed by atoms with Crippen molar-refractivity contribution >= 4 is 17.8 Å². The maximum absolute atomic E-state index is 12.8. The number of rotatable bonds is 9. The zero-order valence-corrected chi connectivity index (χ0v) is 19.9. The average molecular weight is 422 g/mol. The van der Waals surface area contributed by atoms with Gasteiger partial charge in [0.25, 0.3) is 5.91 Å². The highest BCUT2D eigenvalue weighted by atomic mass is 16.5. The Balaban J connectivity index is 2.38. The van der Waals surface area contributed by atoms with Gasteiger partial charge in [0.1, 0.15) is 5.75 Å². The van der Waals surface area contributed by atoms with Crippen LogP contribution in [0.25, 0.3) is 6.08 Å². The molecule has 4 nitrogen and oxygen atoms in total. The third kappa shape index (κ3) is 6.30. The van der Waals surface area contributed by atoms with Crippen LogP contribution in [0.5, 0.6) is 5.75 Å². The normalized spacial score (nSPS) is 11.4. The smallest absolute Gasteiger partial charge is 0.253 e. The molecular weight excluding hydrogens is 386 g/mol. The maximum Gasteiger partial charge on any atom is 0.253 e. The first-order valence-corrected chi connectivity index (χ1v) is 11.0. The molecule has 0 fully saturated rings. The monoisotopic (exact) mass is 421 g/mol. The van der Waals surface area contributed by atoms with Crippen molar-refractivity contribution in [1.29, 1.82) is 0 Å². The predicted molar refractivity (Wildman–Crippen MR) is 128 cm³/mol. The lowest BCUT2D eigenvalue weighted by Crippen LogP contribution is -2.21. The fraction of sp³-hybridized carbons (Fsp3) is 0.407. The van der Waals surface area contributed by atoms with Crippen LogP contribution in [0.15, 0.2) is 42.5 Å². The second-order valence-corrected chi connectivity index (χ2v) is 8.66. The van der Waals surface area contributed by atoms with E-state index in [9.17, 15) is 9.59 Å². The Hall–Kier alpha value is -2.88. The molecule has 0 spiro atoms. The summed E-state index contributed by atoms with van der Waals surface area (Å²) in [6.07, 6.45) is 4.36. The van der Waals surface area contributed by atoms with E-state index in [1.165, 1.54) is 16.0 Å². The number of amides is 1. The molecule has 0 saturated carbocycles. The molecule has 0 heterocycles. The van der Waals surface area contributed by atoms with Crippen LogP contribution in [0, 0.1) is 0 Å². The van der Waals surface area contributed by atoms with Gasteiger partial charge in [0, 0.05) is 30.8 Å². The van der Waals surface area contributed by atoms with Crippen LogP contribution in [-0.2, 0) is 0 Å². The number of hydrogen-bond acceptors (Lipinski definition) is 3. The molecule has 0 atom stereocenters. The van der Waals surface area contributed by atoms with E-state index in [1.807, 2.05) is 6.08 Å². The van der Waals surface area contributed by atoms with Gasteiger partial charge in [-0.05, 0) is 59.7 Å². The molecule has 0 unspecified atom stereocenters. The van der Waals surface area contributed by atoms with Gasteiger partial charge in [-0.15, -0.1) is 0 Å². The Morgan fingerprint density at radius 2 is 1.58 bits per heavy atom. The highest BCUT2D eigenvalue weighted by Crippen LogP contribution is 2.35. The molecular formula is C27H35NO3. The molecule has 0 aliphatic heterocycles. The summed E-state index contributed by atoms with van der Waals surface area (Å²) < 4.78 is 6.11. The zero-order chi connectivity index (χ0) is 23.1. The van der Waals surface area contributed by atoms with Crippen molar-refractivity contribution in [3.63, 3.8) is 0 Å². The molecule has 0 radical (unpaired) electrons. The van der Waals surface area contributed by atoms with Crippen LogP contribution in [0.3, 0.4) is 0 Å². The van der Waals surface area contributed by atoms with Gasteiger partial charge >= 0.3 is 0 Å². The number of ether oxygens (including phenoxy) is 1. The lowest BCUT2D eigenvalue weighted by molar-refractivity contribution is 0.0827. The van der Waals surface area contributed by atoms with Crippen LogP contribution in [-0.4, -0.2) is 37.3 Å². The Labute approximate surface area is 186 Å². The van der Waals surface area contributed by atoms with Crippen molar-refractivity contribution in [2.75, 3.05) is 20.7 Å². The van der Waals surface area contributed by atoms with Crippen molar-refractivity contribution in [3.05, 3.63) is 70.3 Å². The summed E-state index contributed by atoms with van der Waals surface area (Å²) in [7, 11) is 3.41. The van der Waals surface area contributed by atoms with E-state index in [0.29, 0.717) is 29.6 Å². The van der Waals surface area contributed by atoms with Crippen LogP contribution in [0.1, 0.15) is 90.3 Å². The lowest BCUT2D eigenvalue weighted by atomic mass is 9.91. The van der Waals surface area contributed by atoms with E-state index in [2.05, 4.69) is 46.8 Å². The minimum atomic E-state index is -0.105. The molecule has 166 valence electrons. The minimum Gasteiger partial charge on any atom is -0.493 e. The summed E-state index contributed by atoms with van der Waals surface area (Å²) in [6, 6.07) is 11.1. The molecule has 0 aliphatic carbocycles. The molecule has 0 saturated heterocycles. The zero-order valence-electron chi connectivity index (χ0n) is 19.9. The molecule has 1 amide bonds. The summed E-state index contributed by atoms with van der Waals surface area (Å²) in [4.78, 5) is 26.3. The largest absolute Gasteiger partial charge is 0.493 e. The van der Waals surface area contributed by atoms with E-state index in [-0.39, 0.29) is 11.7 Å². The van der Waals surface area contributed by atoms with Gasteiger partial charge in [-0.2, -0.15) is 0 Å². The second kappa shape index (κ2) is 10.9. The lowest BCUT2D eigenvalue weighted by Gasteiger charge is -2.20. The van der Waals surface area contributed by atoms with Crippen LogP contribution >= 0.6 is 0 Å². The predicted octanol–water partition coefficient (Wildman–Crippen LogP) is 6.32. The van der Waals surface area contributed by atoms with Crippen molar-refractivity contribution in [3.8, 4) is 5.75 Å². The second-order valence-electron chi connectivity index (χ2n) is 8.66. The van der Waals surface area contributed by atoms with Crippen molar-refractivity contribution < 1.29 is 14.3 Å². The summed E-state index contributed by atoms with van der Waals surface area (Å²) in [5, 5.41) is 0. The first-order chi connectivity index (χ1) is 14.6. The fourth-order valence-corrected chi connectivity index (χ4v) is 3.25. The quantitative estimate of drug-likeness (QED) is 0.351. The molecule has 0 N–H and O–H groups in total. The van der Waals surface area contributed by atoms with Crippen molar-refractivity contribution in [1.82, 2.24) is 4.90 Å². The van der Waals surface area contributed by atoms with E-state index < -0.39 is 0 Å². The summed E-state index contributed by atoms with van der Waals surface area (Å²) in [5.74, 6) is 1.36. The third-order valence-electron chi connectivity index (χ3n) is 5.14. The fourth-order valence-electron chi connectivity index (χ4n) is 3.25. The number of carbonyl (C=O) groups is 2. The molecule has 2 aromatic carbocycles. The molecule has 0 aromatic heterocycles. The Bertz CT molecular complexity index is 938. The third-order valence-corrected chi connectivity index (χ3v) is 5.14. The minimum absolute atomic E-state index is 0.0843. The summed E-state index contributed by atoms with van der Waals surface area (Å²) in [5.41, 5.74) is 4.43. The molecule has 0 bridgehead atoms. The highest BCUT2D eigenvalue weighted by Gasteiger charge is 2.16. The number of ketones is 1. The van der Waals surface area contributed by atoms with Gasteiger partial charge in [-0.3, -0.25) is 9.59 Å². The van der Waals surface area contributed by atoms with Crippen molar-refractivity contribution in [2.24, 2.45) is 0 Å². The van der Waals surface area contributed by atoms with Gasteiger partial charge in [0.2, 0.25) is 0 Å². The van der Waals surface area contributed by atoms with Gasteiger partial charge in [0.15, 0.2) is 5.78 Å². The Morgan fingerprint density at radius 1 is 0.968 bits per heavy atom. The molecule has 0 aliphatic rings. The van der Waals surface area contributed by atoms with Gasteiger partial charge in [-0.1, -0.05) is 52.8 Å². The van der Waals surface area contributed by atoms with E-state index in [0.717, 1.165) is 17.7 Å². The van der Waals surface area contributed by atoms with Crippen LogP contribution in [0.2, 0.25) is 0 Å². The SMILES string of the molecule is CCCOc1c(C=CC(=O)c2ccc(C(=O)N(C)C)cc2)cc(C(C)C)cc1C(C)C. The van der Waals surface area contributed by atoms with Crippen LogP contribution < -0.4 is 4.74 Å². The number of nitrogens with zero attached hydrogens (tertiary/aromatic N) is 1. The molecule has 2 rings (SSSR count). The average Bonchev–Trinajstić information content (AvgIpc) is 2.74. The molecule has 31 heavy (non-hydrogen) atoms. The maximum atomic E-state index is 12.8. The van der Waals surface area contributed by atoms with Gasteiger partial charge in [0.05, 0.1) is 6.61 Å². The number of hydrogen-bond donors (Lipinski definition) is 0. The summed E-state index contributed by atoms with van der Waals surface area (Å²) in [6.45, 7) is 11.4. The van der Waals surface area contributed by atoms with E-state index in [4.69, 9.17) is 4.74 Å². The van der Waals surface area contributed by atoms with Gasteiger partial charge in [-0.25, -0.2) is 0 Å². The standard InChI is InChI=1S/C27H35NO3/c1-8-15-31-26-22(16-23(18(2)3)17-24(26)19(4)5)13-14-25(29)20-9-11-21(12-10-20)27(30)28(6)7/h9-14,16-19H,8,15H2,1-7H3.